The number of allylic oxidation sites excluding steroid dienone is 2. The standard InChI is InChI=1S/C27H20NO.C13H24O2.Ir/c1-16-11-12-19-22-23-20(27(2,3)21-10-7-15-28-24(19)21)14-13-18(26(23)29-25(16)22)17-8-5-4-6-9-17;1-5-10(6-2)12(14)9-13(15)11(7-3)8-4;/h4-11,13-15H,1-3H3;9-11,14H,5-8H2,1-4H3;/q-1;;/b;12-9-;. The first-order chi connectivity index (χ1) is 21.2. The van der Waals surface area contributed by atoms with Crippen LogP contribution in [-0.2, 0) is 30.3 Å². The summed E-state index contributed by atoms with van der Waals surface area (Å²) in [5, 5.41) is 12.1. The molecule has 1 aliphatic carbocycles. The Hall–Kier alpha value is -3.53. The van der Waals surface area contributed by atoms with Crippen LogP contribution in [0, 0.1) is 24.8 Å². The number of aryl methyl sites for hydroxylation is 1. The van der Waals surface area contributed by atoms with Gasteiger partial charge in [0.15, 0.2) is 5.78 Å². The maximum absolute atomic E-state index is 11.7. The Morgan fingerprint density at radius 3 is 2.20 bits per heavy atom. The van der Waals surface area contributed by atoms with Crippen LogP contribution in [0.1, 0.15) is 83.9 Å². The van der Waals surface area contributed by atoms with Gasteiger partial charge in [0.1, 0.15) is 5.58 Å². The van der Waals surface area contributed by atoms with E-state index in [1.54, 1.807) is 0 Å². The predicted molar refractivity (Wildman–Crippen MR) is 182 cm³/mol. The molecule has 0 spiro atoms. The van der Waals surface area contributed by atoms with Crippen LogP contribution in [0.5, 0.6) is 0 Å². The van der Waals surface area contributed by atoms with E-state index in [1.807, 2.05) is 52.1 Å². The molecule has 4 nitrogen and oxygen atoms in total. The third-order valence-corrected chi connectivity index (χ3v) is 9.44. The summed E-state index contributed by atoms with van der Waals surface area (Å²) in [4.78, 5) is 16.5. The first kappa shape index (κ1) is 34.3. The monoisotopic (exact) mass is 779 g/mol. The normalized spacial score (nSPS) is 13.4. The number of fused-ring (bicyclic) bond motifs is 2. The smallest absolute Gasteiger partial charge is 0.162 e. The van der Waals surface area contributed by atoms with E-state index in [0.29, 0.717) is 0 Å². The number of furan rings is 1. The van der Waals surface area contributed by atoms with E-state index >= 15 is 0 Å². The Labute approximate surface area is 281 Å². The van der Waals surface area contributed by atoms with E-state index in [0.717, 1.165) is 64.6 Å². The van der Waals surface area contributed by atoms with Gasteiger partial charge in [0, 0.05) is 55.2 Å². The molecule has 5 heteroatoms. The molecular formula is C40H44IrNO3-. The summed E-state index contributed by atoms with van der Waals surface area (Å²) in [6.07, 6.45) is 6.78. The first-order valence-corrected chi connectivity index (χ1v) is 16.0. The number of pyridine rings is 1. The maximum atomic E-state index is 11.7. The Morgan fingerprint density at radius 1 is 0.889 bits per heavy atom. The van der Waals surface area contributed by atoms with Gasteiger partial charge in [-0.05, 0) is 54.0 Å². The average molecular weight is 779 g/mol. The number of benzene rings is 3. The fraction of sp³-hybridized carbons (Fsp3) is 0.350. The van der Waals surface area contributed by atoms with Crippen LogP contribution in [0.15, 0.2) is 83.1 Å². The van der Waals surface area contributed by atoms with Crippen molar-refractivity contribution in [2.75, 3.05) is 0 Å². The van der Waals surface area contributed by atoms with E-state index in [1.165, 1.54) is 28.2 Å². The van der Waals surface area contributed by atoms with Crippen LogP contribution < -0.4 is 0 Å². The maximum Gasteiger partial charge on any atom is 0.162 e. The molecule has 0 amide bonds. The van der Waals surface area contributed by atoms with Gasteiger partial charge in [-0.25, -0.2) is 0 Å². The molecule has 0 fully saturated rings. The summed E-state index contributed by atoms with van der Waals surface area (Å²) in [6.45, 7) is 14.7. The van der Waals surface area contributed by atoms with E-state index in [2.05, 4.69) is 69.3 Å². The van der Waals surface area contributed by atoms with Crippen LogP contribution in [0.4, 0.5) is 0 Å². The number of aromatic nitrogens is 1. The minimum absolute atomic E-state index is 0. The molecule has 2 aromatic heterocycles. The number of ketones is 1. The molecule has 237 valence electrons. The number of aliphatic hydroxyl groups is 1. The quantitative estimate of drug-likeness (QED) is 0.0968. The zero-order valence-corrected chi connectivity index (χ0v) is 29.9. The van der Waals surface area contributed by atoms with Crippen molar-refractivity contribution in [2.45, 2.75) is 79.6 Å². The van der Waals surface area contributed by atoms with E-state index in [4.69, 9.17) is 9.40 Å². The molecule has 2 heterocycles. The molecule has 1 N–H and O–H groups in total. The number of hydrogen-bond acceptors (Lipinski definition) is 4. The zero-order valence-electron chi connectivity index (χ0n) is 27.5. The minimum atomic E-state index is -0.200. The number of carbonyl (C=O) groups excluding carboxylic acids is 1. The van der Waals surface area contributed by atoms with Gasteiger partial charge in [0.05, 0.1) is 11.3 Å². The van der Waals surface area contributed by atoms with Gasteiger partial charge in [-0.2, -0.15) is 0 Å². The Morgan fingerprint density at radius 2 is 1.56 bits per heavy atom. The topological polar surface area (TPSA) is 63.3 Å². The largest absolute Gasteiger partial charge is 0.512 e. The van der Waals surface area contributed by atoms with Gasteiger partial charge >= 0.3 is 0 Å². The predicted octanol–water partition coefficient (Wildman–Crippen LogP) is 10.9. The van der Waals surface area contributed by atoms with Crippen molar-refractivity contribution in [1.29, 1.82) is 0 Å². The van der Waals surface area contributed by atoms with Gasteiger partial charge in [-0.15, -0.1) is 17.7 Å². The summed E-state index contributed by atoms with van der Waals surface area (Å²) < 4.78 is 6.59. The molecule has 5 aromatic rings. The van der Waals surface area contributed by atoms with Crippen LogP contribution in [0.25, 0.3) is 44.3 Å². The number of rotatable bonds is 8. The van der Waals surface area contributed by atoms with Crippen molar-refractivity contribution in [3.05, 3.63) is 101 Å². The van der Waals surface area contributed by atoms with Crippen molar-refractivity contribution >= 4 is 27.7 Å². The summed E-state index contributed by atoms with van der Waals surface area (Å²) in [5.41, 5.74) is 9.63. The zero-order chi connectivity index (χ0) is 31.6. The first-order valence-electron chi connectivity index (χ1n) is 16.0. The molecule has 1 aliphatic rings. The second-order valence-corrected chi connectivity index (χ2v) is 12.4. The molecule has 1 radical (unpaired) electrons. The molecule has 0 bridgehead atoms. The fourth-order valence-corrected chi connectivity index (χ4v) is 6.62. The molecular weight excluding hydrogens is 735 g/mol. The summed E-state index contributed by atoms with van der Waals surface area (Å²) >= 11 is 0. The van der Waals surface area contributed by atoms with Gasteiger partial charge in [-0.3, -0.25) is 4.79 Å². The third kappa shape index (κ3) is 6.30. The SMILES string of the molecule is CCC(CC)C(=O)/C=C(\O)C(CC)CC.Cc1c[c-]c2c3c1oc1c(-c4ccccc4)ccc(c13)C(C)(C)c1cccnc1-2.[Ir]. The van der Waals surface area contributed by atoms with Crippen LogP contribution in [0.3, 0.4) is 0 Å². The average Bonchev–Trinajstić information content (AvgIpc) is 3.41. The molecule has 0 unspecified atom stereocenters. The number of nitrogens with zero attached hydrogens (tertiary/aromatic N) is 1. The van der Waals surface area contributed by atoms with Crippen molar-refractivity contribution in [2.24, 2.45) is 11.8 Å². The number of carbonyl (C=O) groups is 1. The van der Waals surface area contributed by atoms with Crippen molar-refractivity contribution < 1.29 is 34.4 Å². The van der Waals surface area contributed by atoms with Gasteiger partial charge in [-0.1, -0.05) is 114 Å². The van der Waals surface area contributed by atoms with Crippen LogP contribution >= 0.6 is 0 Å². The van der Waals surface area contributed by atoms with Crippen molar-refractivity contribution in [3.8, 4) is 22.4 Å². The Bertz CT molecular complexity index is 1830. The van der Waals surface area contributed by atoms with E-state index in [9.17, 15) is 9.90 Å². The summed E-state index contributed by atoms with van der Waals surface area (Å²) in [6, 6.07) is 24.7. The Balaban J connectivity index is 0.000000249. The molecule has 0 saturated heterocycles. The molecule has 6 rings (SSSR count). The van der Waals surface area contributed by atoms with Crippen molar-refractivity contribution in [1.82, 2.24) is 4.98 Å². The third-order valence-electron chi connectivity index (χ3n) is 9.44. The van der Waals surface area contributed by atoms with Gasteiger partial charge < -0.3 is 14.5 Å². The van der Waals surface area contributed by atoms with Gasteiger partial charge in [0.25, 0.3) is 0 Å². The van der Waals surface area contributed by atoms with E-state index < -0.39 is 0 Å². The number of hydrogen-bond donors (Lipinski definition) is 1. The summed E-state index contributed by atoms with van der Waals surface area (Å²) in [7, 11) is 0. The fourth-order valence-electron chi connectivity index (χ4n) is 6.62. The molecule has 0 saturated carbocycles. The van der Waals surface area contributed by atoms with E-state index in [-0.39, 0.29) is 48.9 Å². The van der Waals surface area contributed by atoms with Gasteiger partial charge in [0.2, 0.25) is 0 Å². The Kier molecular flexibility index (Phi) is 10.9. The molecule has 0 aliphatic heterocycles. The van der Waals surface area contributed by atoms with Crippen LogP contribution in [-0.4, -0.2) is 15.9 Å². The molecule has 3 aromatic carbocycles. The van der Waals surface area contributed by atoms with Crippen molar-refractivity contribution in [3.63, 3.8) is 0 Å². The van der Waals surface area contributed by atoms with Crippen LogP contribution in [0.2, 0.25) is 0 Å². The number of aliphatic hydroxyl groups excluding tert-OH is 1. The summed E-state index contributed by atoms with van der Waals surface area (Å²) in [5.74, 6) is 0.547. The molecule has 45 heavy (non-hydrogen) atoms. The molecule has 0 atom stereocenters. The minimum Gasteiger partial charge on any atom is -0.512 e. The second-order valence-electron chi connectivity index (χ2n) is 12.4. The second kappa shape index (κ2) is 14.3.